The van der Waals surface area contributed by atoms with Crippen LogP contribution >= 0.6 is 36.2 Å². The highest BCUT2D eigenvalue weighted by Crippen LogP contribution is 2.45. The van der Waals surface area contributed by atoms with Gasteiger partial charge in [-0.2, -0.15) is 0 Å². The zero-order valence-corrected chi connectivity index (χ0v) is 17.2. The largest absolute Gasteiger partial charge is 0.375 e. The van der Waals surface area contributed by atoms with E-state index in [1.54, 1.807) is 5.38 Å². The summed E-state index contributed by atoms with van der Waals surface area (Å²) in [4.78, 5) is 21.2. The molecule has 2 aliphatic heterocycles. The standard InChI is InChI=1S/C18H22N4OS.2ClH/c1-11-5-3-4-6-13(11)16-14-9-22(8-12(14)7-21(16)2)17(23)15-10-24-18(19)20-15;;/h3-6,10,12,14,16H,7-9H2,1-2H3,(H2,19,20);2*1H/t12-,14+,16+;;/m0../s1. The molecule has 142 valence electrons. The summed E-state index contributed by atoms with van der Waals surface area (Å²) in [5.74, 6) is 1.03. The van der Waals surface area contributed by atoms with Crippen LogP contribution in [0.3, 0.4) is 0 Å². The summed E-state index contributed by atoms with van der Waals surface area (Å²) in [5.41, 5.74) is 8.87. The van der Waals surface area contributed by atoms with Gasteiger partial charge in [0.15, 0.2) is 5.13 Å². The lowest BCUT2D eigenvalue weighted by atomic mass is 9.88. The summed E-state index contributed by atoms with van der Waals surface area (Å²) in [6.07, 6.45) is 0. The van der Waals surface area contributed by atoms with Crippen molar-refractivity contribution in [3.63, 3.8) is 0 Å². The maximum Gasteiger partial charge on any atom is 0.273 e. The number of nitrogens with zero attached hydrogens (tertiary/aromatic N) is 3. The predicted molar refractivity (Wildman–Crippen MR) is 110 cm³/mol. The van der Waals surface area contributed by atoms with Crippen LogP contribution in [0.25, 0.3) is 0 Å². The van der Waals surface area contributed by atoms with E-state index in [1.807, 2.05) is 4.90 Å². The zero-order chi connectivity index (χ0) is 16.8. The Morgan fingerprint density at radius 2 is 1.96 bits per heavy atom. The Balaban J connectivity index is 0.00000121. The third kappa shape index (κ3) is 3.56. The van der Waals surface area contributed by atoms with Gasteiger partial charge in [0.2, 0.25) is 0 Å². The van der Waals surface area contributed by atoms with Crippen LogP contribution < -0.4 is 5.73 Å². The van der Waals surface area contributed by atoms with E-state index >= 15 is 0 Å². The molecule has 2 saturated heterocycles. The van der Waals surface area contributed by atoms with E-state index in [9.17, 15) is 4.79 Å². The molecule has 2 fully saturated rings. The van der Waals surface area contributed by atoms with E-state index in [0.29, 0.717) is 28.7 Å². The Morgan fingerprint density at radius 3 is 2.62 bits per heavy atom. The molecule has 4 rings (SSSR count). The number of hydrogen-bond acceptors (Lipinski definition) is 5. The fourth-order valence-electron chi connectivity index (χ4n) is 4.36. The zero-order valence-electron chi connectivity index (χ0n) is 14.8. The minimum Gasteiger partial charge on any atom is -0.375 e. The lowest BCUT2D eigenvalue weighted by Gasteiger charge is -2.27. The highest BCUT2D eigenvalue weighted by molar-refractivity contribution is 7.13. The predicted octanol–water partition coefficient (Wildman–Crippen LogP) is 3.25. The second-order valence-electron chi connectivity index (χ2n) is 6.95. The van der Waals surface area contributed by atoms with E-state index < -0.39 is 0 Å². The fourth-order valence-corrected chi connectivity index (χ4v) is 4.89. The Bertz CT molecular complexity index is 784. The van der Waals surface area contributed by atoms with E-state index in [-0.39, 0.29) is 30.7 Å². The number of nitrogen functional groups attached to an aromatic ring is 1. The molecule has 26 heavy (non-hydrogen) atoms. The molecule has 8 heteroatoms. The fraction of sp³-hybridized carbons (Fsp3) is 0.444. The second-order valence-corrected chi connectivity index (χ2v) is 7.84. The molecule has 0 aliphatic carbocycles. The van der Waals surface area contributed by atoms with Gasteiger partial charge < -0.3 is 10.6 Å². The van der Waals surface area contributed by atoms with Crippen molar-refractivity contribution in [3.8, 4) is 0 Å². The van der Waals surface area contributed by atoms with Crippen molar-refractivity contribution < 1.29 is 4.79 Å². The summed E-state index contributed by atoms with van der Waals surface area (Å²) < 4.78 is 0. The monoisotopic (exact) mass is 414 g/mol. The molecule has 0 saturated carbocycles. The Hall–Kier alpha value is -1.34. The summed E-state index contributed by atoms with van der Waals surface area (Å²) in [6, 6.07) is 8.98. The number of likely N-dealkylation sites (tertiary alicyclic amines) is 2. The number of aryl methyl sites for hydroxylation is 1. The Labute approximate surface area is 170 Å². The van der Waals surface area contributed by atoms with Crippen LogP contribution in [0.1, 0.15) is 27.7 Å². The van der Waals surface area contributed by atoms with Gasteiger partial charge in [-0.1, -0.05) is 24.3 Å². The molecule has 3 heterocycles. The average Bonchev–Trinajstić information content (AvgIpc) is 3.22. The first-order chi connectivity index (χ1) is 11.5. The van der Waals surface area contributed by atoms with Gasteiger partial charge in [0, 0.05) is 37.0 Å². The molecule has 1 amide bonds. The normalized spacial score (nSPS) is 24.7. The molecule has 1 aromatic heterocycles. The number of rotatable bonds is 2. The number of anilines is 1. The van der Waals surface area contributed by atoms with Gasteiger partial charge in [0.25, 0.3) is 5.91 Å². The Morgan fingerprint density at radius 1 is 1.23 bits per heavy atom. The number of thiazole rings is 1. The lowest BCUT2D eigenvalue weighted by Crippen LogP contribution is -2.33. The van der Waals surface area contributed by atoms with Gasteiger partial charge in [0.05, 0.1) is 0 Å². The number of benzene rings is 1. The first-order valence-electron chi connectivity index (χ1n) is 8.30. The van der Waals surface area contributed by atoms with Crippen LogP contribution in [0.15, 0.2) is 29.6 Å². The van der Waals surface area contributed by atoms with Crippen LogP contribution in [-0.2, 0) is 0 Å². The van der Waals surface area contributed by atoms with Crippen LogP contribution in [0.5, 0.6) is 0 Å². The second kappa shape index (κ2) is 8.13. The third-order valence-corrected chi connectivity index (χ3v) is 6.10. The maximum atomic E-state index is 12.7. The number of carbonyl (C=O) groups excluding carboxylic acids is 1. The molecule has 0 radical (unpaired) electrons. The number of carbonyl (C=O) groups is 1. The van der Waals surface area contributed by atoms with Crippen molar-refractivity contribution in [2.75, 3.05) is 32.4 Å². The van der Waals surface area contributed by atoms with Gasteiger partial charge in [-0.15, -0.1) is 36.2 Å². The highest BCUT2D eigenvalue weighted by atomic mass is 35.5. The van der Waals surface area contributed by atoms with Crippen LogP contribution in [-0.4, -0.2) is 47.4 Å². The maximum absolute atomic E-state index is 12.7. The average molecular weight is 415 g/mol. The molecule has 2 aliphatic rings. The smallest absolute Gasteiger partial charge is 0.273 e. The first-order valence-corrected chi connectivity index (χ1v) is 9.18. The summed E-state index contributed by atoms with van der Waals surface area (Å²) >= 11 is 1.32. The van der Waals surface area contributed by atoms with Gasteiger partial charge >= 0.3 is 0 Å². The van der Waals surface area contributed by atoms with E-state index in [0.717, 1.165) is 19.6 Å². The molecule has 3 atom stereocenters. The van der Waals surface area contributed by atoms with Crippen LogP contribution in [0.2, 0.25) is 0 Å². The van der Waals surface area contributed by atoms with Gasteiger partial charge in [-0.05, 0) is 31.0 Å². The molecule has 1 aromatic carbocycles. The van der Waals surface area contributed by atoms with E-state index in [1.165, 1.54) is 22.5 Å². The number of amides is 1. The topological polar surface area (TPSA) is 62.5 Å². The van der Waals surface area contributed by atoms with Crippen LogP contribution in [0.4, 0.5) is 5.13 Å². The quantitative estimate of drug-likeness (QED) is 0.818. The number of halogens is 2. The molecular formula is C18H24Cl2N4OS. The highest BCUT2D eigenvalue weighted by Gasteiger charge is 2.47. The van der Waals surface area contributed by atoms with Crippen molar-refractivity contribution in [1.82, 2.24) is 14.8 Å². The minimum absolute atomic E-state index is 0. The molecule has 5 nitrogen and oxygen atoms in total. The number of hydrogen-bond donors (Lipinski definition) is 1. The van der Waals surface area contributed by atoms with Crippen molar-refractivity contribution in [3.05, 3.63) is 46.5 Å². The van der Waals surface area contributed by atoms with E-state index in [2.05, 4.69) is 48.1 Å². The van der Waals surface area contributed by atoms with Crippen molar-refractivity contribution in [2.24, 2.45) is 11.8 Å². The van der Waals surface area contributed by atoms with Crippen molar-refractivity contribution in [1.29, 1.82) is 0 Å². The van der Waals surface area contributed by atoms with Crippen molar-refractivity contribution >= 4 is 47.2 Å². The molecule has 2 N–H and O–H groups in total. The van der Waals surface area contributed by atoms with Gasteiger partial charge in [0.1, 0.15) is 5.69 Å². The molecular weight excluding hydrogens is 391 g/mol. The molecule has 0 spiro atoms. The molecule has 0 unspecified atom stereocenters. The Kier molecular flexibility index (Phi) is 6.55. The molecule has 2 aromatic rings. The number of aromatic nitrogens is 1. The van der Waals surface area contributed by atoms with E-state index in [4.69, 9.17) is 5.73 Å². The summed E-state index contributed by atoms with van der Waals surface area (Å²) in [6.45, 7) is 4.82. The van der Waals surface area contributed by atoms with Crippen LogP contribution in [0, 0.1) is 18.8 Å². The minimum atomic E-state index is 0. The SMILES string of the molecule is Cc1ccccc1[C@@H]1[C@@H]2CN(C(=O)c3csc(N)n3)C[C@@H]2CN1C.Cl.Cl. The summed E-state index contributed by atoms with van der Waals surface area (Å²) in [5, 5.41) is 2.21. The van der Waals surface area contributed by atoms with Gasteiger partial charge in [-0.25, -0.2) is 4.98 Å². The number of nitrogens with two attached hydrogens (primary N) is 1. The first kappa shape index (κ1) is 21.0. The third-order valence-electron chi connectivity index (χ3n) is 5.43. The summed E-state index contributed by atoms with van der Waals surface area (Å²) in [7, 11) is 2.20. The van der Waals surface area contributed by atoms with Gasteiger partial charge in [-0.3, -0.25) is 9.69 Å². The molecule has 0 bridgehead atoms. The lowest BCUT2D eigenvalue weighted by molar-refractivity contribution is 0.0763. The van der Waals surface area contributed by atoms with Crippen molar-refractivity contribution in [2.45, 2.75) is 13.0 Å². The number of fused-ring (bicyclic) bond motifs is 1.